The molecule has 0 aromatic heterocycles. The second-order valence-electron chi connectivity index (χ2n) is 48.8. The van der Waals surface area contributed by atoms with E-state index in [0.717, 1.165) is 238 Å². The van der Waals surface area contributed by atoms with E-state index >= 15 is 0 Å². The molecule has 34 nitrogen and oxygen atoms in total. The number of ketones is 5. The number of Topliss-reactive ketones (excluding diaryl/α,β-unsaturated/α-hetero) is 5. The van der Waals surface area contributed by atoms with Crippen molar-refractivity contribution < 1.29 is 84.3 Å². The zero-order valence-corrected chi connectivity index (χ0v) is 89.9. The minimum absolute atomic E-state index is 0.00868. The van der Waals surface area contributed by atoms with Crippen LogP contribution in [0.4, 0.5) is 0 Å². The smallest absolute Gasteiger partial charge is 0.326 e. The Bertz CT molecular complexity index is 4090. The number of rotatable bonds is 17. The highest BCUT2D eigenvalue weighted by Crippen LogP contribution is 2.68. The van der Waals surface area contributed by atoms with Gasteiger partial charge in [0.15, 0.2) is 0 Å². The van der Waals surface area contributed by atoms with Gasteiger partial charge >= 0.3 is 11.9 Å². The Kier molecular flexibility index (Phi) is 48.1. The minimum atomic E-state index is -0.963. The molecule has 6 aliphatic heterocycles. The third-order valence-corrected chi connectivity index (χ3v) is 34.2. The van der Waals surface area contributed by atoms with Gasteiger partial charge in [0, 0.05) is 159 Å². The molecule has 0 aromatic carbocycles. The molecular weight excluding hydrogens is 1810 g/mol. The zero-order valence-electron chi connectivity index (χ0n) is 89.9. The monoisotopic (exact) mass is 2000 g/mol. The Morgan fingerprint density at radius 2 is 0.852 bits per heavy atom. The van der Waals surface area contributed by atoms with Gasteiger partial charge < -0.3 is 135 Å². The van der Waals surface area contributed by atoms with Crippen LogP contribution in [0.15, 0.2) is 86.4 Å². The van der Waals surface area contributed by atoms with Crippen LogP contribution in [0.2, 0.25) is 0 Å². The van der Waals surface area contributed by atoms with Gasteiger partial charge in [-0.15, -0.1) is 0 Å². The highest BCUT2D eigenvalue weighted by atomic mass is 16.4. The number of carboxylic acids is 2. The second kappa shape index (κ2) is 53.7. The standard InChI is InChI=1S/C11H20N2O3.C10H17NO.C9H15NO.2C9H17NO.C8H15NO.C7H14N2O.C7H11NO.3C7H13NO.C6H12N2O.C6H11NO.C5H9NO2/c1-11(2,3)5-9(14)13-6-7(12)4-8(13)10(15)16;1-8(12)9-2-5-10(11,6-3-9)7-4-9;1-7(11)8-2-4-9(10,6-8)5-3-8;1-7(11)9(2,3)8-4-5-10-6-8;1-7(11)9(2)5-3-8(10)4-6-9;1-6(10)8(2,3)7-4-5-9-7;1-5(10)7-3-6(8)4-9(7)2;1-5(9)6-2-7(8,3-6)4-6;1-5(9)7(2)3-6(8)4-7;1-6(9)7(2)3-4-8-5-7;1-5(9)6-2-3-7(8)4-6;1-4(9)6-2-5(7)3-8-6;1-4(8)5-2-6(7)3-5;6-4-1-3(2-4)5(7)8/h7-8H,4-6,12H2,1-3H3,(H,15,16);12H,1-7,11H2;11H,1-6,10H2;8,10H,4-6H2,1-3H3;8,11H,1,3-6,10H2,2H3;7,9-10H,1,4-5H2,2-3H3;6-7H,3-4,8H2,1-2H3;9H,1-4,8H2;6,9H,1,3-4,8H2,2H3;8H,3-5H2,1-2H3;6-7H,2-4,8H2,1H3;5-6,8H,2-3,7H2,1H3;5-6,8H,1-3,7H2;3-4H,1-2,6H2,(H,7,8). The number of nitrogens with zero attached hydrogens (tertiary/aromatic N) is 2. The summed E-state index contributed by atoms with van der Waals surface area (Å²) in [4.78, 5) is 90.9. The molecule has 34 heteroatoms. The van der Waals surface area contributed by atoms with E-state index in [-0.39, 0.29) is 148 Å². The van der Waals surface area contributed by atoms with Gasteiger partial charge in [0.1, 0.15) is 35.0 Å². The number of nitrogens with two attached hydrogens (primary N) is 11. The molecule has 19 aliphatic rings. The third kappa shape index (κ3) is 37.9. The van der Waals surface area contributed by atoms with Crippen LogP contribution in [0.1, 0.15) is 322 Å². The van der Waals surface area contributed by atoms with Gasteiger partial charge in [-0.25, -0.2) is 4.79 Å². The van der Waals surface area contributed by atoms with Crippen molar-refractivity contribution >= 4 is 46.8 Å². The van der Waals surface area contributed by atoms with E-state index < -0.39 is 18.0 Å². The largest absolute Gasteiger partial charge is 0.513 e. The zero-order chi connectivity index (χ0) is 109. The number of aliphatic hydroxyl groups excluding tert-OH is 7. The van der Waals surface area contributed by atoms with E-state index in [2.05, 4.69) is 74.2 Å². The molecule has 142 heavy (non-hydrogen) atoms. The number of hydrogen-bond acceptors (Lipinski definition) is 31. The second-order valence-corrected chi connectivity index (χ2v) is 48.8. The van der Waals surface area contributed by atoms with Crippen LogP contribution in [-0.2, 0) is 38.4 Å². The molecular formula is C108H197N17O17. The minimum Gasteiger partial charge on any atom is -0.513 e. The maximum atomic E-state index is 11.9. The first-order valence-corrected chi connectivity index (χ1v) is 52.1. The molecule has 0 radical (unpaired) electrons. The van der Waals surface area contributed by atoms with E-state index in [0.29, 0.717) is 114 Å². The Labute approximate surface area is 850 Å². The van der Waals surface area contributed by atoms with Crippen LogP contribution >= 0.6 is 0 Å². The normalized spacial score (nSPS) is 36.5. The number of fused-ring (bicyclic) bond motifs is 5. The molecule has 1 amide bonds. The number of carbonyl (C=O) groups excluding carboxylic acids is 6. The number of amides is 1. The van der Waals surface area contributed by atoms with Crippen molar-refractivity contribution in [3.63, 3.8) is 0 Å². The molecule has 11 unspecified atom stereocenters. The van der Waals surface area contributed by atoms with Crippen molar-refractivity contribution in [1.29, 1.82) is 0 Å². The summed E-state index contributed by atoms with van der Waals surface area (Å²) in [5.74, 6) is 2.83. The summed E-state index contributed by atoms with van der Waals surface area (Å²) in [5.41, 5.74) is 62.3. The van der Waals surface area contributed by atoms with E-state index in [1.165, 1.54) is 4.90 Å². The number of aliphatic carboxylic acids is 2. The molecule has 6 saturated heterocycles. The van der Waals surface area contributed by atoms with Gasteiger partial charge in [0.05, 0.1) is 58.3 Å². The van der Waals surface area contributed by atoms with Gasteiger partial charge in [0.2, 0.25) is 5.91 Å². The van der Waals surface area contributed by atoms with Gasteiger partial charge in [-0.2, -0.15) is 0 Å². The molecule has 6 bridgehead atoms. The van der Waals surface area contributed by atoms with E-state index in [1.54, 1.807) is 34.6 Å². The lowest BCUT2D eigenvalue weighted by molar-refractivity contribution is -0.149. The summed E-state index contributed by atoms with van der Waals surface area (Å²) >= 11 is 0. The summed E-state index contributed by atoms with van der Waals surface area (Å²) < 4.78 is 0. The first-order chi connectivity index (χ1) is 65.1. The van der Waals surface area contributed by atoms with Crippen LogP contribution in [0, 0.1) is 72.4 Å². The first kappa shape index (κ1) is 127. The third-order valence-electron chi connectivity index (χ3n) is 34.2. The SMILES string of the molecule is C=C(O)C(C)(C)C1CCN1.C=C(O)C1(C)CC(N)C1.C=C(O)C1(C)CCC(N)CC1.C=C(O)C12CC(N)(C1)C2.C=C(O)C12CCC(N)(CC1)C2.C=C(O)C12CCC(N)(CC1)CC2.C=C(O)C1CC(N)C1.CC(=O)C(C)(C)C1CCNC1.CC(=O)C1(C)CCNC1.CC(=O)C1CC(N)CN1.CC(=O)C1CC(N)CN1C.CC(=O)C1CCC(N)C1.CC(C)(C)CC(=O)N1CC(N)CC1C(=O)O.NC1CC(C(=O)O)C1. The predicted molar refractivity (Wildman–Crippen MR) is 566 cm³/mol. The fourth-order valence-electron chi connectivity index (χ4n) is 21.8. The molecule has 0 spiro atoms. The highest BCUT2D eigenvalue weighted by Gasteiger charge is 2.67. The van der Waals surface area contributed by atoms with Crippen molar-refractivity contribution in [2.24, 2.45) is 135 Å². The quantitative estimate of drug-likeness (QED) is 0.0601. The van der Waals surface area contributed by atoms with Crippen molar-refractivity contribution in [3.05, 3.63) is 86.4 Å². The summed E-state index contributed by atoms with van der Waals surface area (Å²) in [6, 6.07) is 1.30. The molecule has 816 valence electrons. The fraction of sp³-hybridized carbons (Fsp3) is 0.796. The average Bonchev–Trinajstić information content (AvgIpc) is 0.868. The number of likely N-dealkylation sites (tertiary alicyclic amines) is 2. The number of carboxylic acid groups (broad SMARTS) is 2. The molecule has 19 rings (SSSR count). The van der Waals surface area contributed by atoms with Gasteiger partial charge in [-0.05, 0) is 291 Å². The molecule has 35 N–H and O–H groups in total. The van der Waals surface area contributed by atoms with E-state index in [9.17, 15) is 58.8 Å². The summed E-state index contributed by atoms with van der Waals surface area (Å²) in [5, 5.41) is 94.2. The Morgan fingerprint density at radius 3 is 1.09 bits per heavy atom. The van der Waals surface area contributed by atoms with E-state index in [1.807, 2.05) is 74.3 Å². The number of aliphatic hydroxyl groups is 7. The maximum Gasteiger partial charge on any atom is 0.326 e. The number of likely N-dealkylation sites (N-methyl/N-ethyl adjacent to an activating group) is 1. The Balaban J connectivity index is 0.000000320. The Morgan fingerprint density at radius 1 is 0.387 bits per heavy atom. The van der Waals surface area contributed by atoms with Crippen LogP contribution in [0.5, 0.6) is 0 Å². The number of carbonyl (C=O) groups is 8. The summed E-state index contributed by atoms with van der Waals surface area (Å²) in [6.07, 6.45) is 31.8. The highest BCUT2D eigenvalue weighted by molar-refractivity contribution is 5.85. The van der Waals surface area contributed by atoms with Gasteiger partial charge in [-0.3, -0.25) is 38.5 Å². The van der Waals surface area contributed by atoms with Crippen LogP contribution in [0.3, 0.4) is 0 Å². The number of hydrogen-bond donors (Lipinski definition) is 24. The van der Waals surface area contributed by atoms with Gasteiger partial charge in [-0.1, -0.05) is 115 Å². The molecule has 13 aliphatic carbocycles. The molecule has 13 saturated carbocycles. The van der Waals surface area contributed by atoms with Crippen molar-refractivity contribution in [1.82, 2.24) is 31.1 Å². The lowest BCUT2D eigenvalue weighted by atomic mass is 9.39. The molecule has 6 heterocycles. The van der Waals surface area contributed by atoms with Crippen molar-refractivity contribution in [3.8, 4) is 0 Å². The molecule has 19 fully saturated rings. The lowest BCUT2D eigenvalue weighted by Crippen LogP contribution is -2.72. The maximum absolute atomic E-state index is 11.9. The van der Waals surface area contributed by atoms with Crippen LogP contribution in [-0.4, -0.2) is 251 Å². The molecule has 0 aromatic rings. The predicted octanol–water partition coefficient (Wildman–Crippen LogP) is 11.8. The van der Waals surface area contributed by atoms with Crippen molar-refractivity contribution in [2.45, 2.75) is 411 Å². The van der Waals surface area contributed by atoms with Crippen LogP contribution < -0.4 is 84.3 Å². The summed E-state index contributed by atoms with van der Waals surface area (Å²) in [6.45, 7) is 60.1. The Hall–Kier alpha value is -7.10. The summed E-state index contributed by atoms with van der Waals surface area (Å²) in [7, 11) is 1.94. The van der Waals surface area contributed by atoms with E-state index in [4.69, 9.17) is 88.6 Å². The average molecular weight is 2010 g/mol. The number of nitrogens with one attached hydrogen (secondary N) is 4. The first-order valence-electron chi connectivity index (χ1n) is 52.1. The fourth-order valence-corrected chi connectivity index (χ4v) is 21.8. The number of allylic oxidation sites excluding steroid dienone is 6. The van der Waals surface area contributed by atoms with Crippen LogP contribution in [0.25, 0.3) is 0 Å². The lowest BCUT2D eigenvalue weighted by Gasteiger charge is -2.68. The van der Waals surface area contributed by atoms with Gasteiger partial charge in [0.25, 0.3) is 0 Å². The molecule has 11 atom stereocenters. The topological polar surface area (TPSA) is 659 Å². The van der Waals surface area contributed by atoms with Crippen molar-refractivity contribution in [2.75, 3.05) is 59.4 Å².